The van der Waals surface area contributed by atoms with Crippen LogP contribution in [0.4, 0.5) is 4.39 Å². The summed E-state index contributed by atoms with van der Waals surface area (Å²) in [4.78, 5) is 0. The van der Waals surface area contributed by atoms with E-state index in [1.54, 1.807) is 7.11 Å². The molecule has 0 spiro atoms. The third-order valence-corrected chi connectivity index (χ3v) is 3.59. The van der Waals surface area contributed by atoms with Gasteiger partial charge in [0.2, 0.25) is 0 Å². The summed E-state index contributed by atoms with van der Waals surface area (Å²) in [7, 11) is 1.71. The Hall–Kier alpha value is -0.600. The van der Waals surface area contributed by atoms with Crippen molar-refractivity contribution < 1.29 is 9.13 Å². The van der Waals surface area contributed by atoms with E-state index in [-0.39, 0.29) is 5.82 Å². The molecule has 1 aromatic carbocycles. The van der Waals surface area contributed by atoms with Crippen LogP contribution in [0.1, 0.15) is 18.9 Å². The Balaban J connectivity index is 2.53. The van der Waals surface area contributed by atoms with Crippen LogP contribution >= 0.6 is 11.6 Å². The highest BCUT2D eigenvalue weighted by Crippen LogP contribution is 2.22. The molecule has 1 rings (SSSR count). The lowest BCUT2D eigenvalue weighted by Gasteiger charge is -2.21. The van der Waals surface area contributed by atoms with E-state index in [9.17, 15) is 4.39 Å². The van der Waals surface area contributed by atoms with Crippen LogP contribution in [-0.4, -0.2) is 19.6 Å². The number of halogens is 2. The number of benzene rings is 1. The average molecular weight is 259 g/mol. The van der Waals surface area contributed by atoms with Gasteiger partial charge in [0.25, 0.3) is 0 Å². The van der Waals surface area contributed by atoms with Gasteiger partial charge in [-0.15, -0.1) is 11.6 Å². The highest BCUT2D eigenvalue weighted by Gasteiger charge is 2.16. The highest BCUT2D eigenvalue weighted by atomic mass is 35.5. The second-order valence-corrected chi connectivity index (χ2v) is 4.81. The van der Waals surface area contributed by atoms with Gasteiger partial charge in [-0.3, -0.25) is 0 Å². The molecular weight excluding hydrogens is 239 g/mol. The summed E-state index contributed by atoms with van der Waals surface area (Å²) < 4.78 is 17.9. The summed E-state index contributed by atoms with van der Waals surface area (Å²) >= 11 is 6.01. The quantitative estimate of drug-likeness (QED) is 0.674. The van der Waals surface area contributed by atoms with E-state index >= 15 is 0 Å². The predicted molar refractivity (Wildman–Crippen MR) is 70.0 cm³/mol. The van der Waals surface area contributed by atoms with Crippen molar-refractivity contribution in [3.63, 3.8) is 0 Å². The summed E-state index contributed by atoms with van der Waals surface area (Å²) in [5, 5.41) is 0. The molecule has 1 nitrogen and oxygen atoms in total. The molecule has 0 radical (unpaired) electrons. The Morgan fingerprint density at radius 2 is 1.94 bits per heavy atom. The molecule has 3 heteroatoms. The molecule has 96 valence electrons. The fourth-order valence-electron chi connectivity index (χ4n) is 1.87. The maximum Gasteiger partial charge on any atom is 0.123 e. The Labute approximate surface area is 108 Å². The van der Waals surface area contributed by atoms with Crippen molar-refractivity contribution in [1.29, 1.82) is 0 Å². The highest BCUT2D eigenvalue weighted by molar-refractivity contribution is 6.18. The maximum atomic E-state index is 12.8. The van der Waals surface area contributed by atoms with Crippen molar-refractivity contribution in [3.05, 3.63) is 35.6 Å². The molecule has 0 bridgehead atoms. The second kappa shape index (κ2) is 7.67. The van der Waals surface area contributed by atoms with E-state index in [1.807, 2.05) is 12.1 Å². The normalized spacial score (nSPS) is 14.6. The zero-order valence-corrected chi connectivity index (χ0v) is 11.2. The summed E-state index contributed by atoms with van der Waals surface area (Å²) in [6.07, 6.45) is 1.91. The van der Waals surface area contributed by atoms with Crippen LogP contribution in [0, 0.1) is 17.7 Å². The Morgan fingerprint density at radius 3 is 2.47 bits per heavy atom. The minimum Gasteiger partial charge on any atom is -0.385 e. The van der Waals surface area contributed by atoms with Gasteiger partial charge in [0.05, 0.1) is 0 Å². The first-order chi connectivity index (χ1) is 8.17. The van der Waals surface area contributed by atoms with Crippen molar-refractivity contribution in [2.24, 2.45) is 11.8 Å². The molecule has 0 aromatic heterocycles. The molecule has 0 fully saturated rings. The Bertz CT molecular complexity index is 313. The molecule has 0 heterocycles. The first-order valence-corrected chi connectivity index (χ1v) is 6.50. The van der Waals surface area contributed by atoms with E-state index in [4.69, 9.17) is 16.3 Å². The monoisotopic (exact) mass is 258 g/mol. The third kappa shape index (κ3) is 5.05. The summed E-state index contributed by atoms with van der Waals surface area (Å²) in [6.45, 7) is 2.95. The second-order valence-electron chi connectivity index (χ2n) is 4.50. The number of alkyl halides is 1. The van der Waals surface area contributed by atoms with Crippen LogP contribution in [0.3, 0.4) is 0 Å². The van der Waals surface area contributed by atoms with Crippen molar-refractivity contribution in [1.82, 2.24) is 0 Å². The van der Waals surface area contributed by atoms with Gasteiger partial charge in [-0.25, -0.2) is 4.39 Å². The van der Waals surface area contributed by atoms with Crippen molar-refractivity contribution in [3.8, 4) is 0 Å². The van der Waals surface area contributed by atoms with Crippen LogP contribution in [0.25, 0.3) is 0 Å². The summed E-state index contributed by atoms with van der Waals surface area (Å²) in [5.74, 6) is 1.36. The van der Waals surface area contributed by atoms with Crippen LogP contribution in [0.5, 0.6) is 0 Å². The molecular formula is C14H20ClFO. The molecule has 0 aliphatic heterocycles. The van der Waals surface area contributed by atoms with Crippen molar-refractivity contribution >= 4 is 11.6 Å². The van der Waals surface area contributed by atoms with Gasteiger partial charge >= 0.3 is 0 Å². The summed E-state index contributed by atoms with van der Waals surface area (Å²) in [6, 6.07) is 6.66. The van der Waals surface area contributed by atoms with Crippen LogP contribution in [0.15, 0.2) is 24.3 Å². The average Bonchev–Trinajstić information content (AvgIpc) is 2.35. The van der Waals surface area contributed by atoms with E-state index in [2.05, 4.69) is 6.92 Å². The first kappa shape index (κ1) is 14.5. The van der Waals surface area contributed by atoms with E-state index in [1.165, 1.54) is 12.1 Å². The smallest absolute Gasteiger partial charge is 0.123 e. The third-order valence-electron chi connectivity index (χ3n) is 3.19. The van der Waals surface area contributed by atoms with Gasteiger partial charge < -0.3 is 4.74 Å². The lowest BCUT2D eigenvalue weighted by atomic mass is 9.87. The Morgan fingerprint density at radius 1 is 1.29 bits per heavy atom. The summed E-state index contributed by atoms with van der Waals surface area (Å²) in [5.41, 5.74) is 1.14. The minimum atomic E-state index is -0.191. The fourth-order valence-corrected chi connectivity index (χ4v) is 2.28. The molecule has 0 N–H and O–H groups in total. The molecule has 0 aliphatic rings. The number of hydrogen-bond donors (Lipinski definition) is 0. The van der Waals surface area contributed by atoms with Crippen molar-refractivity contribution in [2.45, 2.75) is 19.8 Å². The zero-order valence-electron chi connectivity index (χ0n) is 10.5. The van der Waals surface area contributed by atoms with Gasteiger partial charge in [0.1, 0.15) is 5.82 Å². The van der Waals surface area contributed by atoms with Crippen LogP contribution < -0.4 is 0 Å². The lowest BCUT2D eigenvalue weighted by molar-refractivity contribution is 0.168. The molecule has 0 saturated carbocycles. The largest absolute Gasteiger partial charge is 0.385 e. The fraction of sp³-hybridized carbons (Fsp3) is 0.571. The number of rotatable bonds is 7. The van der Waals surface area contributed by atoms with E-state index < -0.39 is 0 Å². The SMILES string of the molecule is COCCC(C)C(CCl)Cc1ccc(F)cc1. The van der Waals surface area contributed by atoms with Crippen LogP contribution in [0.2, 0.25) is 0 Å². The molecule has 1 aromatic rings. The topological polar surface area (TPSA) is 9.23 Å². The molecule has 2 atom stereocenters. The maximum absolute atomic E-state index is 12.8. The van der Waals surface area contributed by atoms with Gasteiger partial charge in [-0.1, -0.05) is 19.1 Å². The predicted octanol–water partition coefficient (Wildman–Crippen LogP) is 3.90. The molecule has 0 aliphatic carbocycles. The number of hydrogen-bond acceptors (Lipinski definition) is 1. The van der Waals surface area contributed by atoms with E-state index in [0.717, 1.165) is 25.0 Å². The van der Waals surface area contributed by atoms with Gasteiger partial charge in [0, 0.05) is 19.6 Å². The standard InChI is InChI=1S/C14H20ClFO/c1-11(7-8-17-2)13(10-15)9-12-3-5-14(16)6-4-12/h3-6,11,13H,7-10H2,1-2H3. The minimum absolute atomic E-state index is 0.191. The lowest BCUT2D eigenvalue weighted by Crippen LogP contribution is -2.18. The van der Waals surface area contributed by atoms with E-state index in [0.29, 0.717) is 17.7 Å². The van der Waals surface area contributed by atoms with Gasteiger partial charge in [-0.05, 0) is 42.4 Å². The van der Waals surface area contributed by atoms with Crippen molar-refractivity contribution in [2.75, 3.05) is 19.6 Å². The first-order valence-electron chi connectivity index (χ1n) is 5.96. The van der Waals surface area contributed by atoms with Gasteiger partial charge in [0.15, 0.2) is 0 Å². The zero-order chi connectivity index (χ0) is 12.7. The molecule has 2 unspecified atom stereocenters. The number of ether oxygens (including phenoxy) is 1. The van der Waals surface area contributed by atoms with Crippen LogP contribution in [-0.2, 0) is 11.2 Å². The molecule has 0 amide bonds. The molecule has 0 saturated heterocycles. The Kier molecular flexibility index (Phi) is 6.53. The number of methoxy groups -OCH3 is 1. The molecule has 17 heavy (non-hydrogen) atoms. The van der Waals surface area contributed by atoms with Gasteiger partial charge in [-0.2, -0.15) is 0 Å².